The molecule has 0 unspecified atom stereocenters. The van der Waals surface area contributed by atoms with Crippen LogP contribution in [0.25, 0.3) is 0 Å². The Morgan fingerprint density at radius 2 is 1.79 bits per heavy atom. The molecule has 0 aliphatic heterocycles. The average molecular weight is 439 g/mol. The summed E-state index contributed by atoms with van der Waals surface area (Å²) in [6, 6.07) is 7.19. The van der Waals surface area contributed by atoms with Crippen LogP contribution in [0, 0.1) is 0 Å². The van der Waals surface area contributed by atoms with Crippen molar-refractivity contribution in [2.75, 3.05) is 6.54 Å². The van der Waals surface area contributed by atoms with Gasteiger partial charge in [-0.2, -0.15) is 0 Å². The van der Waals surface area contributed by atoms with Gasteiger partial charge in [-0.05, 0) is 49.7 Å². The van der Waals surface area contributed by atoms with Gasteiger partial charge in [0, 0.05) is 37.9 Å². The zero-order chi connectivity index (χ0) is 21.4. The Hall–Kier alpha value is -2.49. The number of carbonyl (C=O) groups excluding carboxylic acids is 2. The van der Waals surface area contributed by atoms with E-state index in [-0.39, 0.29) is 40.4 Å². The summed E-state index contributed by atoms with van der Waals surface area (Å²) in [7, 11) is -3.76. The second-order valence-electron chi connectivity index (χ2n) is 6.56. The molecule has 0 fully saturated rings. The van der Waals surface area contributed by atoms with Crippen LogP contribution in [0.15, 0.2) is 47.6 Å². The number of carbonyl (C=O) groups is 2. The van der Waals surface area contributed by atoms with Crippen molar-refractivity contribution >= 4 is 33.4 Å². The molecule has 0 radical (unpaired) electrons. The molecule has 1 aromatic carbocycles. The lowest BCUT2D eigenvalue weighted by Gasteiger charge is -2.12. The standard InChI is InChI=1S/C19H23ClN4O4S/c1-13(2)24-29(27,28)15-3-4-17(20)16(11-15)19(26)22-10-7-18(25)23-12-14-5-8-21-9-6-14/h3-6,8-9,11,13,24H,7,10,12H2,1-2H3,(H,22,26)(H,23,25). The third-order valence-corrected chi connectivity index (χ3v) is 5.75. The summed E-state index contributed by atoms with van der Waals surface area (Å²) in [6.07, 6.45) is 3.34. The molecule has 0 atom stereocenters. The normalized spacial score (nSPS) is 11.3. The highest BCUT2D eigenvalue weighted by Crippen LogP contribution is 2.20. The van der Waals surface area contributed by atoms with Crippen molar-refractivity contribution < 1.29 is 18.0 Å². The molecule has 156 valence electrons. The van der Waals surface area contributed by atoms with Crippen LogP contribution >= 0.6 is 11.6 Å². The van der Waals surface area contributed by atoms with Crippen molar-refractivity contribution in [3.05, 3.63) is 58.9 Å². The van der Waals surface area contributed by atoms with Gasteiger partial charge in [0.25, 0.3) is 5.91 Å². The van der Waals surface area contributed by atoms with Crippen LogP contribution in [0.4, 0.5) is 0 Å². The predicted octanol–water partition coefficient (Wildman–Crippen LogP) is 1.86. The smallest absolute Gasteiger partial charge is 0.252 e. The molecule has 0 spiro atoms. The predicted molar refractivity (Wildman–Crippen MR) is 110 cm³/mol. The lowest BCUT2D eigenvalue weighted by molar-refractivity contribution is -0.121. The number of hydrogen-bond acceptors (Lipinski definition) is 5. The van der Waals surface area contributed by atoms with E-state index in [0.29, 0.717) is 6.54 Å². The molecule has 0 aliphatic carbocycles. The van der Waals surface area contributed by atoms with Gasteiger partial charge < -0.3 is 10.6 Å². The molecule has 1 heterocycles. The fraction of sp³-hybridized carbons (Fsp3) is 0.316. The Bertz CT molecular complexity index is 965. The Morgan fingerprint density at radius 1 is 1.10 bits per heavy atom. The molecule has 8 nitrogen and oxygen atoms in total. The van der Waals surface area contributed by atoms with E-state index in [2.05, 4.69) is 20.3 Å². The van der Waals surface area contributed by atoms with Gasteiger partial charge in [0.05, 0.1) is 15.5 Å². The fourth-order valence-electron chi connectivity index (χ4n) is 2.40. The minimum Gasteiger partial charge on any atom is -0.352 e. The Labute approximate surface area is 175 Å². The topological polar surface area (TPSA) is 117 Å². The van der Waals surface area contributed by atoms with Gasteiger partial charge in [0.15, 0.2) is 0 Å². The highest BCUT2D eigenvalue weighted by molar-refractivity contribution is 7.89. The second-order valence-corrected chi connectivity index (χ2v) is 8.68. The first kappa shape index (κ1) is 22.8. The first-order valence-corrected chi connectivity index (χ1v) is 10.8. The molecule has 2 amide bonds. The van der Waals surface area contributed by atoms with Crippen molar-refractivity contribution in [1.82, 2.24) is 20.3 Å². The van der Waals surface area contributed by atoms with Crippen LogP contribution in [-0.2, 0) is 21.4 Å². The van der Waals surface area contributed by atoms with Crippen molar-refractivity contribution in [1.29, 1.82) is 0 Å². The van der Waals surface area contributed by atoms with E-state index >= 15 is 0 Å². The van der Waals surface area contributed by atoms with Crippen LogP contribution in [-0.4, -0.2) is 37.8 Å². The molecule has 0 saturated carbocycles. The monoisotopic (exact) mass is 438 g/mol. The summed E-state index contributed by atoms with van der Waals surface area (Å²) in [6.45, 7) is 3.84. The van der Waals surface area contributed by atoms with Gasteiger partial charge in [-0.1, -0.05) is 11.6 Å². The molecule has 0 saturated heterocycles. The van der Waals surface area contributed by atoms with E-state index in [1.54, 1.807) is 38.4 Å². The molecule has 2 aromatic rings. The summed E-state index contributed by atoms with van der Waals surface area (Å²) in [5.41, 5.74) is 0.938. The van der Waals surface area contributed by atoms with E-state index in [1.165, 1.54) is 18.2 Å². The molecule has 29 heavy (non-hydrogen) atoms. The van der Waals surface area contributed by atoms with Crippen LogP contribution in [0.2, 0.25) is 5.02 Å². The molecule has 1 aromatic heterocycles. The Balaban J connectivity index is 1.91. The number of hydrogen-bond donors (Lipinski definition) is 3. The molecular formula is C19H23ClN4O4S. The van der Waals surface area contributed by atoms with Gasteiger partial charge in [0.1, 0.15) is 0 Å². The molecule has 0 aliphatic rings. The molecule has 10 heteroatoms. The number of nitrogens with one attached hydrogen (secondary N) is 3. The number of pyridine rings is 1. The van der Waals surface area contributed by atoms with Gasteiger partial charge in [0.2, 0.25) is 15.9 Å². The third-order valence-electron chi connectivity index (χ3n) is 3.76. The number of aromatic nitrogens is 1. The summed E-state index contributed by atoms with van der Waals surface area (Å²) in [4.78, 5) is 28.1. The minimum absolute atomic E-state index is 0.0236. The van der Waals surface area contributed by atoms with Gasteiger partial charge >= 0.3 is 0 Å². The number of rotatable bonds is 9. The lowest BCUT2D eigenvalue weighted by atomic mass is 10.2. The molecule has 0 bridgehead atoms. The molecule has 2 rings (SSSR count). The van der Waals surface area contributed by atoms with Crippen molar-refractivity contribution in [2.45, 2.75) is 37.8 Å². The summed E-state index contributed by atoms with van der Waals surface area (Å²) < 4.78 is 27.0. The van der Waals surface area contributed by atoms with E-state index in [0.717, 1.165) is 5.56 Å². The number of halogens is 1. The quantitative estimate of drug-likeness (QED) is 0.552. The third kappa shape index (κ3) is 7.12. The van der Waals surface area contributed by atoms with Gasteiger partial charge in [-0.3, -0.25) is 14.6 Å². The lowest BCUT2D eigenvalue weighted by Crippen LogP contribution is -2.32. The van der Waals surface area contributed by atoms with Crippen LogP contribution < -0.4 is 15.4 Å². The summed E-state index contributed by atoms with van der Waals surface area (Å²) in [5, 5.41) is 5.44. The largest absolute Gasteiger partial charge is 0.352 e. The zero-order valence-corrected chi connectivity index (χ0v) is 17.7. The fourth-order valence-corrected chi connectivity index (χ4v) is 3.88. The van der Waals surface area contributed by atoms with E-state index in [1.807, 2.05) is 0 Å². The van der Waals surface area contributed by atoms with E-state index in [4.69, 9.17) is 11.6 Å². The first-order chi connectivity index (χ1) is 13.7. The zero-order valence-electron chi connectivity index (χ0n) is 16.1. The summed E-state index contributed by atoms with van der Waals surface area (Å²) in [5.74, 6) is -0.788. The maximum absolute atomic E-state index is 12.4. The van der Waals surface area contributed by atoms with Crippen molar-refractivity contribution in [3.8, 4) is 0 Å². The van der Waals surface area contributed by atoms with Crippen LogP contribution in [0.3, 0.4) is 0 Å². The van der Waals surface area contributed by atoms with Crippen molar-refractivity contribution in [3.63, 3.8) is 0 Å². The summed E-state index contributed by atoms with van der Waals surface area (Å²) >= 11 is 6.05. The Morgan fingerprint density at radius 3 is 2.45 bits per heavy atom. The highest BCUT2D eigenvalue weighted by Gasteiger charge is 2.19. The maximum atomic E-state index is 12.4. The number of amides is 2. The average Bonchev–Trinajstić information content (AvgIpc) is 2.66. The van der Waals surface area contributed by atoms with Gasteiger partial charge in [-0.25, -0.2) is 13.1 Å². The van der Waals surface area contributed by atoms with Crippen molar-refractivity contribution in [2.24, 2.45) is 0 Å². The van der Waals surface area contributed by atoms with Crippen LogP contribution in [0.1, 0.15) is 36.2 Å². The molecular weight excluding hydrogens is 416 g/mol. The SMILES string of the molecule is CC(C)NS(=O)(=O)c1ccc(Cl)c(C(=O)NCCC(=O)NCc2ccncc2)c1. The molecule has 3 N–H and O–H groups in total. The second kappa shape index (κ2) is 10.3. The maximum Gasteiger partial charge on any atom is 0.252 e. The number of nitrogens with zero attached hydrogens (tertiary/aromatic N) is 1. The first-order valence-electron chi connectivity index (χ1n) is 8.94. The van der Waals surface area contributed by atoms with Gasteiger partial charge in [-0.15, -0.1) is 0 Å². The van der Waals surface area contributed by atoms with Crippen LogP contribution in [0.5, 0.6) is 0 Å². The highest BCUT2D eigenvalue weighted by atomic mass is 35.5. The minimum atomic E-state index is -3.76. The van der Waals surface area contributed by atoms with E-state index < -0.39 is 15.9 Å². The number of sulfonamides is 1. The number of benzene rings is 1. The Kier molecular flexibility index (Phi) is 8.12. The van der Waals surface area contributed by atoms with E-state index in [9.17, 15) is 18.0 Å².